The lowest BCUT2D eigenvalue weighted by atomic mass is 9.78. The van der Waals surface area contributed by atoms with Crippen LogP contribution in [0.25, 0.3) is 0 Å². The van der Waals surface area contributed by atoms with Crippen molar-refractivity contribution >= 4 is 5.97 Å². The quantitative estimate of drug-likeness (QED) is 0.557. The fourth-order valence-electron chi connectivity index (χ4n) is 3.47. The second kappa shape index (κ2) is 7.13. The Morgan fingerprint density at radius 2 is 2.00 bits per heavy atom. The van der Waals surface area contributed by atoms with E-state index in [2.05, 4.69) is 11.8 Å². The van der Waals surface area contributed by atoms with Crippen LogP contribution in [0.4, 0.5) is 0 Å². The minimum atomic E-state index is -0.0188. The first-order valence-corrected chi connectivity index (χ1v) is 7.71. The highest BCUT2D eigenvalue weighted by atomic mass is 16.5. The molecule has 3 nitrogen and oxygen atoms in total. The van der Waals surface area contributed by atoms with Crippen LogP contribution in [0.2, 0.25) is 0 Å². The van der Waals surface area contributed by atoms with E-state index in [-0.39, 0.29) is 5.97 Å². The van der Waals surface area contributed by atoms with E-state index < -0.39 is 0 Å². The van der Waals surface area contributed by atoms with Crippen LogP contribution in [0.15, 0.2) is 0 Å². The SMILES string of the molecule is CCCCOC(=O)CN1CCC[C@H]2CCCC[C@H]21. The van der Waals surface area contributed by atoms with Gasteiger partial charge in [0.25, 0.3) is 0 Å². The first-order chi connectivity index (χ1) is 8.81. The van der Waals surface area contributed by atoms with E-state index in [1.165, 1.54) is 38.5 Å². The molecule has 0 N–H and O–H groups in total. The summed E-state index contributed by atoms with van der Waals surface area (Å²) in [6.07, 6.45) is 10.1. The molecule has 1 saturated carbocycles. The lowest BCUT2D eigenvalue weighted by molar-refractivity contribution is -0.146. The van der Waals surface area contributed by atoms with E-state index in [0.29, 0.717) is 19.2 Å². The maximum Gasteiger partial charge on any atom is 0.320 e. The minimum absolute atomic E-state index is 0.0188. The van der Waals surface area contributed by atoms with Gasteiger partial charge in [-0.3, -0.25) is 9.69 Å². The van der Waals surface area contributed by atoms with Gasteiger partial charge in [-0.2, -0.15) is 0 Å². The van der Waals surface area contributed by atoms with Crippen molar-refractivity contribution in [2.75, 3.05) is 19.7 Å². The summed E-state index contributed by atoms with van der Waals surface area (Å²) < 4.78 is 5.28. The second-order valence-electron chi connectivity index (χ2n) is 5.80. The third kappa shape index (κ3) is 3.71. The molecule has 2 aliphatic rings. The van der Waals surface area contributed by atoms with Crippen LogP contribution in [0.3, 0.4) is 0 Å². The van der Waals surface area contributed by atoms with Gasteiger partial charge in [-0.1, -0.05) is 26.2 Å². The summed E-state index contributed by atoms with van der Waals surface area (Å²) >= 11 is 0. The molecule has 18 heavy (non-hydrogen) atoms. The second-order valence-corrected chi connectivity index (χ2v) is 5.80. The fraction of sp³-hybridized carbons (Fsp3) is 0.933. The maximum atomic E-state index is 11.8. The van der Waals surface area contributed by atoms with E-state index in [4.69, 9.17) is 4.74 Å². The van der Waals surface area contributed by atoms with E-state index in [1.54, 1.807) is 0 Å². The summed E-state index contributed by atoms with van der Waals surface area (Å²) in [6, 6.07) is 0.659. The van der Waals surface area contributed by atoms with Crippen LogP contribution in [-0.4, -0.2) is 36.6 Å². The Morgan fingerprint density at radius 3 is 2.83 bits per heavy atom. The number of hydrogen-bond acceptors (Lipinski definition) is 3. The predicted octanol–water partition coefficient (Wildman–Crippen LogP) is 2.98. The average molecular weight is 253 g/mol. The molecule has 2 fully saturated rings. The molecule has 0 bridgehead atoms. The Balaban J connectivity index is 1.78. The summed E-state index contributed by atoms with van der Waals surface area (Å²) in [6.45, 7) is 4.32. The van der Waals surface area contributed by atoms with Crippen molar-refractivity contribution in [3.8, 4) is 0 Å². The molecular weight excluding hydrogens is 226 g/mol. The largest absolute Gasteiger partial charge is 0.465 e. The third-order valence-electron chi connectivity index (χ3n) is 4.45. The molecule has 1 aliphatic heterocycles. The Morgan fingerprint density at radius 1 is 1.22 bits per heavy atom. The van der Waals surface area contributed by atoms with Crippen molar-refractivity contribution in [3.05, 3.63) is 0 Å². The Labute approximate surface area is 111 Å². The molecule has 0 aromatic rings. The molecule has 0 spiro atoms. The predicted molar refractivity (Wildman–Crippen MR) is 72.4 cm³/mol. The van der Waals surface area contributed by atoms with Gasteiger partial charge in [-0.25, -0.2) is 0 Å². The van der Waals surface area contributed by atoms with Crippen LogP contribution < -0.4 is 0 Å². The lowest BCUT2D eigenvalue weighted by Gasteiger charge is -2.43. The van der Waals surface area contributed by atoms with Crippen molar-refractivity contribution in [2.45, 2.75) is 64.3 Å². The van der Waals surface area contributed by atoms with E-state index in [9.17, 15) is 4.79 Å². The molecule has 0 unspecified atom stereocenters. The molecule has 1 saturated heterocycles. The van der Waals surface area contributed by atoms with Crippen LogP contribution in [-0.2, 0) is 9.53 Å². The topological polar surface area (TPSA) is 29.5 Å². The number of nitrogens with zero attached hydrogens (tertiary/aromatic N) is 1. The number of fused-ring (bicyclic) bond motifs is 1. The van der Waals surface area contributed by atoms with Crippen molar-refractivity contribution in [2.24, 2.45) is 5.92 Å². The summed E-state index contributed by atoms with van der Waals surface area (Å²) in [7, 11) is 0. The van der Waals surface area contributed by atoms with Gasteiger partial charge in [-0.05, 0) is 44.6 Å². The van der Waals surface area contributed by atoms with Gasteiger partial charge in [0, 0.05) is 6.04 Å². The van der Waals surface area contributed by atoms with Crippen LogP contribution in [0.5, 0.6) is 0 Å². The molecule has 104 valence electrons. The number of ether oxygens (including phenoxy) is 1. The summed E-state index contributed by atoms with van der Waals surface area (Å²) in [5.74, 6) is 0.825. The van der Waals surface area contributed by atoms with E-state index in [0.717, 1.165) is 25.3 Å². The van der Waals surface area contributed by atoms with E-state index in [1.807, 2.05) is 0 Å². The number of hydrogen-bond donors (Lipinski definition) is 0. The highest BCUT2D eigenvalue weighted by molar-refractivity contribution is 5.71. The molecule has 0 amide bonds. The van der Waals surface area contributed by atoms with Gasteiger partial charge in [0.15, 0.2) is 0 Å². The minimum Gasteiger partial charge on any atom is -0.465 e. The summed E-state index contributed by atoms with van der Waals surface area (Å²) in [4.78, 5) is 14.2. The molecule has 2 atom stereocenters. The number of likely N-dealkylation sites (tertiary alicyclic amines) is 1. The highest BCUT2D eigenvalue weighted by Gasteiger charge is 2.33. The van der Waals surface area contributed by atoms with Crippen LogP contribution in [0.1, 0.15) is 58.3 Å². The molecule has 0 radical (unpaired) electrons. The number of unbranched alkanes of at least 4 members (excludes halogenated alkanes) is 1. The summed E-state index contributed by atoms with van der Waals surface area (Å²) in [5, 5.41) is 0. The molecule has 3 heteroatoms. The molecular formula is C15H27NO2. The highest BCUT2D eigenvalue weighted by Crippen LogP contribution is 2.34. The number of piperidine rings is 1. The molecule has 1 aliphatic carbocycles. The first-order valence-electron chi connectivity index (χ1n) is 7.71. The fourth-order valence-corrected chi connectivity index (χ4v) is 3.47. The van der Waals surface area contributed by atoms with Gasteiger partial charge < -0.3 is 4.74 Å². The van der Waals surface area contributed by atoms with Crippen molar-refractivity contribution in [3.63, 3.8) is 0 Å². The summed E-state index contributed by atoms with van der Waals surface area (Å²) in [5.41, 5.74) is 0. The smallest absolute Gasteiger partial charge is 0.320 e. The zero-order chi connectivity index (χ0) is 12.8. The molecule has 2 rings (SSSR count). The zero-order valence-corrected chi connectivity index (χ0v) is 11.7. The van der Waals surface area contributed by atoms with Crippen LogP contribution >= 0.6 is 0 Å². The van der Waals surface area contributed by atoms with Gasteiger partial charge in [0.2, 0.25) is 0 Å². The number of carbonyl (C=O) groups is 1. The maximum absolute atomic E-state index is 11.8. The number of carbonyl (C=O) groups excluding carboxylic acids is 1. The molecule has 0 aromatic carbocycles. The molecule has 1 heterocycles. The molecule has 0 aromatic heterocycles. The van der Waals surface area contributed by atoms with Gasteiger partial charge in [-0.15, -0.1) is 0 Å². The first kappa shape index (κ1) is 13.9. The normalized spacial score (nSPS) is 28.7. The Bertz CT molecular complexity index is 265. The van der Waals surface area contributed by atoms with Crippen LogP contribution in [0, 0.1) is 5.92 Å². The number of esters is 1. The van der Waals surface area contributed by atoms with Gasteiger partial charge in [0.1, 0.15) is 0 Å². The lowest BCUT2D eigenvalue weighted by Crippen LogP contribution is -2.48. The standard InChI is InChI=1S/C15H27NO2/c1-2-3-11-18-15(17)12-16-10-6-8-13-7-4-5-9-14(13)16/h13-14H,2-12H2,1H3/t13-,14-/m1/s1. The third-order valence-corrected chi connectivity index (χ3v) is 4.45. The van der Waals surface area contributed by atoms with Crippen molar-refractivity contribution < 1.29 is 9.53 Å². The Hall–Kier alpha value is -0.570. The monoisotopic (exact) mass is 253 g/mol. The average Bonchev–Trinajstić information content (AvgIpc) is 2.39. The zero-order valence-electron chi connectivity index (χ0n) is 11.7. The van der Waals surface area contributed by atoms with Crippen molar-refractivity contribution in [1.82, 2.24) is 4.90 Å². The van der Waals surface area contributed by atoms with Gasteiger partial charge in [0.05, 0.1) is 13.2 Å². The van der Waals surface area contributed by atoms with E-state index >= 15 is 0 Å². The number of rotatable bonds is 5. The van der Waals surface area contributed by atoms with Gasteiger partial charge >= 0.3 is 5.97 Å². The van der Waals surface area contributed by atoms with Crippen molar-refractivity contribution in [1.29, 1.82) is 0 Å². The Kier molecular flexibility index (Phi) is 5.48.